The van der Waals surface area contributed by atoms with Gasteiger partial charge in [0.2, 0.25) is 0 Å². The zero-order valence-corrected chi connectivity index (χ0v) is 13.5. The first-order valence-electron chi connectivity index (χ1n) is 7.50. The molecule has 1 saturated heterocycles. The van der Waals surface area contributed by atoms with Gasteiger partial charge >= 0.3 is 0 Å². The van der Waals surface area contributed by atoms with Crippen molar-refractivity contribution in [2.24, 2.45) is 5.41 Å². The summed E-state index contributed by atoms with van der Waals surface area (Å²) in [5.41, 5.74) is 1.67. The van der Waals surface area contributed by atoms with E-state index in [9.17, 15) is 0 Å². The molecule has 1 aliphatic rings. The second-order valence-corrected chi connectivity index (χ2v) is 7.76. The lowest BCUT2D eigenvalue weighted by molar-refractivity contribution is 0.280. The number of thiophene rings is 1. The molecule has 2 heterocycles. The maximum atomic E-state index is 3.71. The Labute approximate surface area is 125 Å². The maximum absolute atomic E-state index is 3.71. The summed E-state index contributed by atoms with van der Waals surface area (Å²) in [6.45, 7) is 10.4. The molecule has 0 amide bonds. The van der Waals surface area contributed by atoms with E-state index in [1.165, 1.54) is 22.2 Å². The van der Waals surface area contributed by atoms with Gasteiger partial charge in [0.1, 0.15) is 0 Å². The Bertz CT molecular complexity index is 582. The summed E-state index contributed by atoms with van der Waals surface area (Å²) >= 11 is 1.82. The van der Waals surface area contributed by atoms with E-state index in [0.717, 1.165) is 19.6 Å². The molecule has 1 fully saturated rings. The first-order valence-corrected chi connectivity index (χ1v) is 8.37. The molecule has 108 valence electrons. The third-order valence-corrected chi connectivity index (χ3v) is 5.14. The van der Waals surface area contributed by atoms with Crippen LogP contribution in [0.25, 0.3) is 10.1 Å². The van der Waals surface area contributed by atoms with Crippen molar-refractivity contribution in [3.63, 3.8) is 0 Å². The molecule has 1 aliphatic heterocycles. The fourth-order valence-electron chi connectivity index (χ4n) is 2.89. The Kier molecular flexibility index (Phi) is 3.74. The van der Waals surface area contributed by atoms with Gasteiger partial charge in [-0.05, 0) is 53.4 Å². The molecule has 1 aromatic heterocycles. The molecule has 0 bridgehead atoms. The van der Waals surface area contributed by atoms with E-state index in [-0.39, 0.29) is 0 Å². The topological polar surface area (TPSA) is 15.3 Å². The summed E-state index contributed by atoms with van der Waals surface area (Å²) in [6.07, 6.45) is 1.22. The second-order valence-electron chi connectivity index (χ2n) is 6.82. The van der Waals surface area contributed by atoms with Gasteiger partial charge in [-0.3, -0.25) is 0 Å². The van der Waals surface area contributed by atoms with Crippen LogP contribution >= 0.6 is 11.3 Å². The Balaban J connectivity index is 1.87. The number of anilines is 1. The van der Waals surface area contributed by atoms with Crippen molar-refractivity contribution in [1.82, 2.24) is 5.32 Å². The van der Waals surface area contributed by atoms with Crippen LogP contribution in [0.15, 0.2) is 29.6 Å². The zero-order valence-electron chi connectivity index (χ0n) is 12.6. The summed E-state index contributed by atoms with van der Waals surface area (Å²) in [4.78, 5) is 2.55. The van der Waals surface area contributed by atoms with E-state index in [1.54, 1.807) is 0 Å². The fraction of sp³-hybridized carbons (Fsp3) is 0.529. The summed E-state index contributed by atoms with van der Waals surface area (Å²) in [7, 11) is 0. The molecular formula is C17H24N2S. The van der Waals surface area contributed by atoms with Crippen LogP contribution in [0.4, 0.5) is 5.69 Å². The van der Waals surface area contributed by atoms with E-state index >= 15 is 0 Å². The van der Waals surface area contributed by atoms with Crippen molar-refractivity contribution in [3.8, 4) is 0 Å². The Hall–Kier alpha value is -1.06. The maximum Gasteiger partial charge on any atom is 0.0373 e. The molecule has 0 spiro atoms. The third-order valence-electron chi connectivity index (χ3n) is 4.25. The summed E-state index contributed by atoms with van der Waals surface area (Å²) in [6, 6.07) is 9.66. The Morgan fingerprint density at radius 2 is 2.10 bits per heavy atom. The first-order chi connectivity index (χ1) is 9.54. The van der Waals surface area contributed by atoms with Crippen LogP contribution in [0.2, 0.25) is 0 Å². The van der Waals surface area contributed by atoms with Gasteiger partial charge in [0.05, 0.1) is 0 Å². The SMILES string of the molecule is CC(C)(C)C1CN(c2ccc3sccc3c2)CCCN1. The monoisotopic (exact) mass is 288 g/mol. The molecule has 1 aromatic carbocycles. The number of rotatable bonds is 1. The molecule has 1 N–H and O–H groups in total. The molecule has 0 saturated carbocycles. The average molecular weight is 288 g/mol. The van der Waals surface area contributed by atoms with Crippen LogP contribution in [0.5, 0.6) is 0 Å². The second kappa shape index (κ2) is 5.38. The van der Waals surface area contributed by atoms with E-state index in [2.05, 4.69) is 60.6 Å². The van der Waals surface area contributed by atoms with Crippen LogP contribution in [0.1, 0.15) is 27.2 Å². The minimum atomic E-state index is 0.301. The van der Waals surface area contributed by atoms with Gasteiger partial charge in [-0.1, -0.05) is 20.8 Å². The highest BCUT2D eigenvalue weighted by atomic mass is 32.1. The molecule has 0 radical (unpaired) electrons. The van der Waals surface area contributed by atoms with Gasteiger partial charge < -0.3 is 10.2 Å². The lowest BCUT2D eigenvalue weighted by atomic mass is 9.86. The molecule has 3 rings (SSSR count). The molecule has 1 atom stereocenters. The van der Waals surface area contributed by atoms with Gasteiger partial charge in [-0.25, -0.2) is 0 Å². The number of hydrogen-bond acceptors (Lipinski definition) is 3. The van der Waals surface area contributed by atoms with Crippen molar-refractivity contribution < 1.29 is 0 Å². The standard InChI is InChI=1S/C17H24N2S/c1-17(2,3)16-12-19(9-4-8-18-16)14-5-6-15-13(11-14)7-10-20-15/h5-7,10-11,16,18H,4,8-9,12H2,1-3H3. The van der Waals surface area contributed by atoms with Gasteiger partial charge in [0.25, 0.3) is 0 Å². The summed E-state index contributed by atoms with van der Waals surface area (Å²) < 4.78 is 1.38. The molecule has 3 heteroatoms. The number of hydrogen-bond donors (Lipinski definition) is 1. The van der Waals surface area contributed by atoms with E-state index in [1.807, 2.05) is 11.3 Å². The highest BCUT2D eigenvalue weighted by Crippen LogP contribution is 2.29. The predicted octanol–water partition coefficient (Wildman–Crippen LogP) is 4.12. The smallest absolute Gasteiger partial charge is 0.0373 e. The highest BCUT2D eigenvalue weighted by Gasteiger charge is 2.28. The van der Waals surface area contributed by atoms with Gasteiger partial charge in [0.15, 0.2) is 0 Å². The average Bonchev–Trinajstić information content (AvgIpc) is 2.70. The quantitative estimate of drug-likeness (QED) is 0.849. The number of benzene rings is 1. The number of nitrogens with one attached hydrogen (secondary N) is 1. The van der Waals surface area contributed by atoms with E-state index in [0.29, 0.717) is 11.5 Å². The van der Waals surface area contributed by atoms with Crippen molar-refractivity contribution in [2.45, 2.75) is 33.2 Å². The minimum absolute atomic E-state index is 0.301. The van der Waals surface area contributed by atoms with Crippen LogP contribution in [0.3, 0.4) is 0 Å². The van der Waals surface area contributed by atoms with Gasteiger partial charge in [-0.2, -0.15) is 0 Å². The van der Waals surface area contributed by atoms with E-state index < -0.39 is 0 Å². The van der Waals surface area contributed by atoms with E-state index in [4.69, 9.17) is 0 Å². The lowest BCUT2D eigenvalue weighted by Crippen LogP contribution is -2.46. The Morgan fingerprint density at radius 1 is 1.25 bits per heavy atom. The molecular weight excluding hydrogens is 264 g/mol. The lowest BCUT2D eigenvalue weighted by Gasteiger charge is -2.34. The first kappa shape index (κ1) is 13.9. The minimum Gasteiger partial charge on any atom is -0.370 e. The molecule has 1 unspecified atom stereocenters. The van der Waals surface area contributed by atoms with Crippen LogP contribution in [0, 0.1) is 5.41 Å². The van der Waals surface area contributed by atoms with Crippen molar-refractivity contribution in [3.05, 3.63) is 29.6 Å². The van der Waals surface area contributed by atoms with Crippen molar-refractivity contribution in [2.75, 3.05) is 24.5 Å². The normalized spacial score (nSPS) is 21.1. The Morgan fingerprint density at radius 3 is 2.90 bits per heavy atom. The fourth-order valence-corrected chi connectivity index (χ4v) is 3.66. The van der Waals surface area contributed by atoms with Crippen LogP contribution < -0.4 is 10.2 Å². The van der Waals surface area contributed by atoms with Crippen molar-refractivity contribution >= 4 is 27.1 Å². The predicted molar refractivity (Wildman–Crippen MR) is 89.9 cm³/mol. The van der Waals surface area contributed by atoms with Gasteiger partial charge in [0, 0.05) is 29.5 Å². The molecule has 0 aliphatic carbocycles. The van der Waals surface area contributed by atoms with Crippen LogP contribution in [-0.4, -0.2) is 25.7 Å². The molecule has 20 heavy (non-hydrogen) atoms. The highest BCUT2D eigenvalue weighted by molar-refractivity contribution is 7.17. The van der Waals surface area contributed by atoms with Crippen molar-refractivity contribution in [1.29, 1.82) is 0 Å². The number of nitrogens with zero attached hydrogens (tertiary/aromatic N) is 1. The van der Waals surface area contributed by atoms with Crippen LogP contribution in [-0.2, 0) is 0 Å². The summed E-state index contributed by atoms with van der Waals surface area (Å²) in [5, 5.41) is 7.26. The zero-order chi connectivity index (χ0) is 14.2. The summed E-state index contributed by atoms with van der Waals surface area (Å²) in [5.74, 6) is 0. The van der Waals surface area contributed by atoms with Gasteiger partial charge in [-0.15, -0.1) is 11.3 Å². The molecule has 2 nitrogen and oxygen atoms in total. The largest absolute Gasteiger partial charge is 0.370 e. The third kappa shape index (κ3) is 2.84. The number of fused-ring (bicyclic) bond motifs is 1. The molecule has 2 aromatic rings.